The second-order valence-corrected chi connectivity index (χ2v) is 6.37. The first kappa shape index (κ1) is 17.7. The summed E-state index contributed by atoms with van der Waals surface area (Å²) >= 11 is 7.37. The van der Waals surface area contributed by atoms with Crippen molar-refractivity contribution in [2.75, 3.05) is 32.7 Å². The third-order valence-corrected chi connectivity index (χ3v) is 4.95. The lowest BCUT2D eigenvalue weighted by atomic mass is 10.2. The smallest absolute Gasteiger partial charge is 0.174 e. The number of hydrogen-bond acceptors (Lipinski definition) is 4. The maximum Gasteiger partial charge on any atom is 0.174 e. The van der Waals surface area contributed by atoms with Crippen molar-refractivity contribution in [3.8, 4) is 5.75 Å². The molecule has 0 fully saturated rings. The molecule has 1 N–H and O–H groups in total. The van der Waals surface area contributed by atoms with Crippen molar-refractivity contribution in [3.63, 3.8) is 0 Å². The van der Waals surface area contributed by atoms with Crippen LogP contribution in [-0.2, 0) is 4.74 Å². The van der Waals surface area contributed by atoms with E-state index in [9.17, 15) is 0 Å². The fraction of sp³-hybridized carbons (Fsp3) is 0.353. The molecule has 1 aromatic heterocycles. The number of thiocarbonyl (C=S) groups is 1. The third-order valence-electron chi connectivity index (χ3n) is 3.57. The number of benzene rings is 1. The van der Waals surface area contributed by atoms with E-state index in [0.29, 0.717) is 11.7 Å². The molecule has 0 radical (unpaired) electrons. The molecule has 0 aliphatic heterocycles. The number of ether oxygens (including phenoxy) is 2. The minimum atomic E-state index is 0.180. The van der Waals surface area contributed by atoms with Gasteiger partial charge in [0, 0.05) is 18.5 Å². The summed E-state index contributed by atoms with van der Waals surface area (Å²) in [4.78, 5) is 3.40. The van der Waals surface area contributed by atoms with Gasteiger partial charge in [0.25, 0.3) is 0 Å². The SMILES string of the molecule is COCCN(C(=S)Nc1ccccc1OC)[C@H](C)c1cccs1. The van der Waals surface area contributed by atoms with Gasteiger partial charge in [0.1, 0.15) is 5.75 Å². The van der Waals surface area contributed by atoms with Gasteiger partial charge in [-0.1, -0.05) is 18.2 Å². The first-order valence-corrected chi connectivity index (χ1v) is 8.69. The van der Waals surface area contributed by atoms with Crippen LogP contribution in [0.25, 0.3) is 0 Å². The molecule has 0 unspecified atom stereocenters. The lowest BCUT2D eigenvalue weighted by molar-refractivity contribution is 0.166. The Hall–Kier alpha value is -1.63. The fourth-order valence-corrected chi connectivity index (χ4v) is 3.43. The second-order valence-electron chi connectivity index (χ2n) is 5.01. The summed E-state index contributed by atoms with van der Waals surface area (Å²) in [6, 6.07) is 12.1. The van der Waals surface area contributed by atoms with E-state index in [2.05, 4.69) is 34.7 Å². The number of nitrogens with one attached hydrogen (secondary N) is 1. The van der Waals surface area contributed by atoms with E-state index < -0.39 is 0 Å². The Bertz CT molecular complexity index is 617. The van der Waals surface area contributed by atoms with Crippen LogP contribution < -0.4 is 10.1 Å². The molecule has 1 atom stereocenters. The Kier molecular flexibility index (Phi) is 6.83. The van der Waals surface area contributed by atoms with Gasteiger partial charge in [-0.15, -0.1) is 11.3 Å². The monoisotopic (exact) mass is 350 g/mol. The van der Waals surface area contributed by atoms with Crippen LogP contribution in [0.1, 0.15) is 17.8 Å². The number of methoxy groups -OCH3 is 2. The predicted molar refractivity (Wildman–Crippen MR) is 101 cm³/mol. The molecule has 0 amide bonds. The molecule has 4 nitrogen and oxygen atoms in total. The van der Waals surface area contributed by atoms with Gasteiger partial charge in [0.15, 0.2) is 5.11 Å². The molecule has 1 aromatic carbocycles. The quantitative estimate of drug-likeness (QED) is 0.758. The highest BCUT2D eigenvalue weighted by atomic mass is 32.1. The number of thiophene rings is 1. The van der Waals surface area contributed by atoms with Gasteiger partial charge >= 0.3 is 0 Å². The van der Waals surface area contributed by atoms with Crippen LogP contribution >= 0.6 is 23.6 Å². The highest BCUT2D eigenvalue weighted by molar-refractivity contribution is 7.80. The molecule has 1 heterocycles. The first-order chi connectivity index (χ1) is 11.2. The van der Waals surface area contributed by atoms with E-state index in [1.165, 1.54) is 4.88 Å². The van der Waals surface area contributed by atoms with Crippen LogP contribution in [0.5, 0.6) is 5.75 Å². The van der Waals surface area contributed by atoms with Crippen molar-refractivity contribution in [2.45, 2.75) is 13.0 Å². The Labute approximate surface area is 147 Å². The summed E-state index contributed by atoms with van der Waals surface area (Å²) in [6.07, 6.45) is 0. The van der Waals surface area contributed by atoms with Crippen molar-refractivity contribution in [3.05, 3.63) is 46.7 Å². The minimum Gasteiger partial charge on any atom is -0.495 e. The average Bonchev–Trinajstić information content (AvgIpc) is 3.10. The summed E-state index contributed by atoms with van der Waals surface area (Å²) in [5.41, 5.74) is 0.862. The highest BCUT2D eigenvalue weighted by Gasteiger charge is 2.20. The summed E-state index contributed by atoms with van der Waals surface area (Å²) in [5, 5.41) is 6.03. The molecular weight excluding hydrogens is 328 g/mol. The van der Waals surface area contributed by atoms with Crippen molar-refractivity contribution >= 4 is 34.4 Å². The maximum atomic E-state index is 5.64. The molecule has 0 saturated heterocycles. The third kappa shape index (κ3) is 4.67. The number of hydrogen-bond donors (Lipinski definition) is 1. The molecule has 23 heavy (non-hydrogen) atoms. The van der Waals surface area contributed by atoms with E-state index in [-0.39, 0.29) is 6.04 Å². The largest absolute Gasteiger partial charge is 0.495 e. The second kappa shape index (κ2) is 8.86. The van der Waals surface area contributed by atoms with Crippen LogP contribution in [0.15, 0.2) is 41.8 Å². The van der Waals surface area contributed by atoms with E-state index in [1.807, 2.05) is 24.3 Å². The molecule has 0 aliphatic carbocycles. The number of rotatable bonds is 7. The maximum absolute atomic E-state index is 5.64. The summed E-state index contributed by atoms with van der Waals surface area (Å²) in [7, 11) is 3.35. The van der Waals surface area contributed by atoms with Gasteiger partial charge in [-0.3, -0.25) is 0 Å². The standard InChI is InChI=1S/C17H22N2O2S2/c1-13(16-9-6-12-23-16)19(10-11-20-2)17(22)18-14-7-4-5-8-15(14)21-3/h4-9,12-13H,10-11H2,1-3H3,(H,18,22)/t13-/m1/s1. The molecule has 2 aromatic rings. The molecule has 2 rings (SSSR count). The summed E-state index contributed by atoms with van der Waals surface area (Å²) < 4.78 is 10.6. The van der Waals surface area contributed by atoms with Crippen LogP contribution in [0.4, 0.5) is 5.69 Å². The van der Waals surface area contributed by atoms with Crippen LogP contribution in [-0.4, -0.2) is 37.4 Å². The molecular formula is C17H22N2O2S2. The first-order valence-electron chi connectivity index (χ1n) is 7.40. The summed E-state index contributed by atoms with van der Waals surface area (Å²) in [6.45, 7) is 3.48. The van der Waals surface area contributed by atoms with E-state index >= 15 is 0 Å². The molecule has 0 saturated carbocycles. The van der Waals surface area contributed by atoms with Crippen molar-refractivity contribution < 1.29 is 9.47 Å². The van der Waals surface area contributed by atoms with Crippen LogP contribution in [0, 0.1) is 0 Å². The van der Waals surface area contributed by atoms with Gasteiger partial charge in [-0.25, -0.2) is 0 Å². The lowest BCUT2D eigenvalue weighted by Crippen LogP contribution is -2.38. The zero-order valence-corrected chi connectivity index (χ0v) is 15.2. The molecule has 0 bridgehead atoms. The normalized spacial score (nSPS) is 11.8. The highest BCUT2D eigenvalue weighted by Crippen LogP contribution is 2.27. The minimum absolute atomic E-state index is 0.180. The van der Waals surface area contributed by atoms with Gasteiger partial charge in [0.2, 0.25) is 0 Å². The molecule has 6 heteroatoms. The van der Waals surface area contributed by atoms with E-state index in [4.69, 9.17) is 21.7 Å². The molecule has 0 aliphatic rings. The Morgan fingerprint density at radius 1 is 1.26 bits per heavy atom. The number of anilines is 1. The average molecular weight is 351 g/mol. The van der Waals surface area contributed by atoms with Crippen molar-refractivity contribution in [1.82, 2.24) is 4.90 Å². The Morgan fingerprint density at radius 3 is 2.70 bits per heavy atom. The van der Waals surface area contributed by atoms with Crippen molar-refractivity contribution in [1.29, 1.82) is 0 Å². The van der Waals surface area contributed by atoms with E-state index in [0.717, 1.165) is 18.0 Å². The predicted octanol–water partition coefficient (Wildman–Crippen LogP) is 4.16. The Morgan fingerprint density at radius 2 is 2.04 bits per heavy atom. The van der Waals surface area contributed by atoms with Gasteiger partial charge in [0.05, 0.1) is 25.4 Å². The molecule has 0 spiro atoms. The fourth-order valence-electron chi connectivity index (χ4n) is 2.28. The van der Waals surface area contributed by atoms with E-state index in [1.54, 1.807) is 25.6 Å². The molecule has 124 valence electrons. The topological polar surface area (TPSA) is 33.7 Å². The lowest BCUT2D eigenvalue weighted by Gasteiger charge is -2.31. The van der Waals surface area contributed by atoms with Gasteiger partial charge in [-0.05, 0) is 42.7 Å². The Balaban J connectivity index is 2.16. The zero-order valence-electron chi connectivity index (χ0n) is 13.6. The van der Waals surface area contributed by atoms with Gasteiger partial charge < -0.3 is 19.7 Å². The van der Waals surface area contributed by atoms with Crippen LogP contribution in [0.3, 0.4) is 0 Å². The van der Waals surface area contributed by atoms with Gasteiger partial charge in [-0.2, -0.15) is 0 Å². The summed E-state index contributed by atoms with van der Waals surface area (Å²) in [5.74, 6) is 0.769. The number of nitrogens with zero attached hydrogens (tertiary/aromatic N) is 1. The number of para-hydroxylation sites is 2. The van der Waals surface area contributed by atoms with Crippen molar-refractivity contribution in [2.24, 2.45) is 0 Å². The zero-order chi connectivity index (χ0) is 16.7. The van der Waals surface area contributed by atoms with Crippen LogP contribution in [0.2, 0.25) is 0 Å².